The van der Waals surface area contributed by atoms with Gasteiger partial charge in [-0.25, -0.2) is 4.39 Å². The van der Waals surface area contributed by atoms with Crippen molar-refractivity contribution in [2.75, 3.05) is 44.8 Å². The maximum absolute atomic E-state index is 13.6. The maximum atomic E-state index is 13.6. The summed E-state index contributed by atoms with van der Waals surface area (Å²) in [7, 11) is 1.56. The number of alkyl halides is 3. The Morgan fingerprint density at radius 1 is 1.24 bits per heavy atom. The Bertz CT molecular complexity index is 1100. The van der Waals surface area contributed by atoms with E-state index < -0.39 is 28.5 Å². The van der Waals surface area contributed by atoms with Crippen LogP contribution in [0.2, 0.25) is 0 Å². The molecule has 0 aliphatic carbocycles. The Morgan fingerprint density at radius 3 is 2.70 bits per heavy atom. The largest absolute Gasteiger partial charge is 0.417 e. The van der Waals surface area contributed by atoms with E-state index in [0.717, 1.165) is 6.07 Å². The van der Waals surface area contributed by atoms with Crippen molar-refractivity contribution in [2.24, 2.45) is 11.3 Å². The van der Waals surface area contributed by atoms with Gasteiger partial charge in [-0.2, -0.15) is 18.4 Å². The summed E-state index contributed by atoms with van der Waals surface area (Å²) < 4.78 is 59.5. The first-order valence-corrected chi connectivity index (χ1v) is 10.6. The summed E-state index contributed by atoms with van der Waals surface area (Å²) in [6.45, 7) is 2.10. The standard InChI is InChI=1S/C24H23F4N3O2/c1-33-15-23-13-30(22(32)16-3-2-4-19(25)9-16)8-7-18(23)12-31(14-23)20-6-5-17(11-29)21(10-20)24(26,27)28/h2-6,9-10,18H,7-8,12-15H2,1H3/t18-,23+/m1/s1. The molecule has 2 aromatic carbocycles. The number of halogens is 4. The average molecular weight is 461 g/mol. The molecule has 174 valence electrons. The Balaban J connectivity index is 1.61. The van der Waals surface area contributed by atoms with Gasteiger partial charge >= 0.3 is 6.18 Å². The number of benzene rings is 2. The van der Waals surface area contributed by atoms with Crippen LogP contribution in [-0.2, 0) is 10.9 Å². The summed E-state index contributed by atoms with van der Waals surface area (Å²) in [5, 5.41) is 9.07. The number of amides is 1. The molecule has 2 fully saturated rings. The number of hydrogen-bond donors (Lipinski definition) is 0. The normalized spacial score (nSPS) is 22.7. The number of fused-ring (bicyclic) bond motifs is 1. The van der Waals surface area contributed by atoms with E-state index in [1.54, 1.807) is 24.1 Å². The summed E-state index contributed by atoms with van der Waals surface area (Å²) in [4.78, 5) is 16.6. The van der Waals surface area contributed by atoms with Crippen molar-refractivity contribution in [2.45, 2.75) is 12.6 Å². The molecule has 2 aliphatic rings. The lowest BCUT2D eigenvalue weighted by atomic mass is 9.73. The summed E-state index contributed by atoms with van der Waals surface area (Å²) >= 11 is 0. The Hall–Kier alpha value is -3.12. The smallest absolute Gasteiger partial charge is 0.384 e. The number of rotatable bonds is 4. The number of likely N-dealkylation sites (tertiary alicyclic amines) is 1. The summed E-state index contributed by atoms with van der Waals surface area (Å²) in [6, 6.07) is 10.9. The van der Waals surface area contributed by atoms with Gasteiger partial charge in [-0.3, -0.25) is 4.79 Å². The van der Waals surface area contributed by atoms with E-state index in [0.29, 0.717) is 44.9 Å². The first-order chi connectivity index (χ1) is 15.7. The van der Waals surface area contributed by atoms with Gasteiger partial charge in [0.15, 0.2) is 0 Å². The molecule has 0 N–H and O–H groups in total. The number of hydrogen-bond acceptors (Lipinski definition) is 4. The van der Waals surface area contributed by atoms with E-state index in [4.69, 9.17) is 10.00 Å². The molecule has 9 heteroatoms. The molecule has 0 unspecified atom stereocenters. The minimum atomic E-state index is -4.63. The number of piperidine rings is 1. The molecule has 2 heterocycles. The highest BCUT2D eigenvalue weighted by atomic mass is 19.4. The fraction of sp³-hybridized carbons (Fsp3) is 0.417. The SMILES string of the molecule is COC[C@@]12CN(C(=O)c3cccc(F)c3)CC[C@@H]1CN(c1ccc(C#N)c(C(F)(F)F)c1)C2. The van der Waals surface area contributed by atoms with Crippen molar-refractivity contribution < 1.29 is 27.1 Å². The van der Waals surface area contributed by atoms with E-state index >= 15 is 0 Å². The van der Waals surface area contributed by atoms with Crippen LogP contribution in [-0.4, -0.2) is 50.7 Å². The van der Waals surface area contributed by atoms with E-state index in [1.165, 1.54) is 30.3 Å². The van der Waals surface area contributed by atoms with Crippen molar-refractivity contribution in [3.05, 3.63) is 65.0 Å². The maximum Gasteiger partial charge on any atom is 0.417 e. The van der Waals surface area contributed by atoms with E-state index in [1.807, 2.05) is 4.90 Å². The quantitative estimate of drug-likeness (QED) is 0.636. The summed E-state index contributed by atoms with van der Waals surface area (Å²) in [5.41, 5.74) is -1.20. The van der Waals surface area contributed by atoms with Crippen LogP contribution >= 0.6 is 0 Å². The second-order valence-electron chi connectivity index (χ2n) is 8.74. The first kappa shape index (κ1) is 23.1. The molecule has 2 aromatic rings. The van der Waals surface area contributed by atoms with Crippen LogP contribution in [0.1, 0.15) is 27.9 Å². The molecule has 33 heavy (non-hydrogen) atoms. The van der Waals surface area contributed by atoms with Crippen molar-refractivity contribution in [3.63, 3.8) is 0 Å². The molecular weight excluding hydrogens is 438 g/mol. The highest BCUT2D eigenvalue weighted by Gasteiger charge is 2.51. The zero-order valence-electron chi connectivity index (χ0n) is 18.0. The van der Waals surface area contributed by atoms with Gasteiger partial charge in [-0.15, -0.1) is 0 Å². The van der Waals surface area contributed by atoms with Gasteiger partial charge in [0.1, 0.15) is 5.82 Å². The second-order valence-corrected chi connectivity index (χ2v) is 8.74. The minimum absolute atomic E-state index is 0.110. The molecule has 5 nitrogen and oxygen atoms in total. The number of nitriles is 1. The average Bonchev–Trinajstić information content (AvgIpc) is 3.16. The topological polar surface area (TPSA) is 56.6 Å². The third-order valence-corrected chi connectivity index (χ3v) is 6.65. The van der Waals surface area contributed by atoms with Crippen molar-refractivity contribution in [3.8, 4) is 6.07 Å². The zero-order chi connectivity index (χ0) is 23.8. The summed E-state index contributed by atoms with van der Waals surface area (Å²) in [6.07, 6.45) is -3.98. The monoisotopic (exact) mass is 461 g/mol. The lowest BCUT2D eigenvalue weighted by Crippen LogP contribution is -2.53. The van der Waals surface area contributed by atoms with Crippen LogP contribution in [0, 0.1) is 28.5 Å². The predicted molar refractivity (Wildman–Crippen MR) is 113 cm³/mol. The number of ether oxygens (including phenoxy) is 1. The van der Waals surface area contributed by atoms with Gasteiger partial charge in [0.25, 0.3) is 5.91 Å². The third kappa shape index (κ3) is 4.40. The van der Waals surface area contributed by atoms with Gasteiger partial charge < -0.3 is 14.5 Å². The van der Waals surface area contributed by atoms with Gasteiger partial charge in [-0.05, 0) is 48.7 Å². The molecule has 2 saturated heterocycles. The zero-order valence-corrected chi connectivity index (χ0v) is 18.0. The van der Waals surface area contributed by atoms with Crippen LogP contribution < -0.4 is 4.90 Å². The van der Waals surface area contributed by atoms with Crippen molar-refractivity contribution in [1.29, 1.82) is 5.26 Å². The Kier molecular flexibility index (Phi) is 6.06. The highest BCUT2D eigenvalue weighted by Crippen LogP contribution is 2.45. The number of anilines is 1. The van der Waals surface area contributed by atoms with E-state index in [9.17, 15) is 22.4 Å². The van der Waals surface area contributed by atoms with Gasteiger partial charge in [0.2, 0.25) is 0 Å². The molecule has 0 saturated carbocycles. The number of carbonyl (C=O) groups excluding carboxylic acids is 1. The van der Waals surface area contributed by atoms with Crippen molar-refractivity contribution in [1.82, 2.24) is 4.90 Å². The number of methoxy groups -OCH3 is 1. The lowest BCUT2D eigenvalue weighted by molar-refractivity contribution is -0.137. The molecule has 1 amide bonds. The number of nitrogens with zero attached hydrogens (tertiary/aromatic N) is 3. The van der Waals surface area contributed by atoms with Crippen LogP contribution in [0.15, 0.2) is 42.5 Å². The second kappa shape index (κ2) is 8.67. The molecule has 4 rings (SSSR count). The molecule has 0 spiro atoms. The van der Waals surface area contributed by atoms with E-state index in [-0.39, 0.29) is 17.4 Å². The Morgan fingerprint density at radius 2 is 2.03 bits per heavy atom. The van der Waals surface area contributed by atoms with Gasteiger partial charge in [-0.1, -0.05) is 6.07 Å². The Labute approximate surface area is 189 Å². The number of carbonyl (C=O) groups is 1. The minimum Gasteiger partial charge on any atom is -0.384 e. The molecule has 0 aromatic heterocycles. The van der Waals surface area contributed by atoms with Crippen LogP contribution in [0.5, 0.6) is 0 Å². The molecule has 0 bridgehead atoms. The highest BCUT2D eigenvalue weighted by molar-refractivity contribution is 5.94. The van der Waals surface area contributed by atoms with Crippen molar-refractivity contribution >= 4 is 11.6 Å². The molecular formula is C24H23F4N3O2. The lowest BCUT2D eigenvalue weighted by Gasteiger charge is -2.43. The van der Waals surface area contributed by atoms with Gasteiger partial charge in [0, 0.05) is 50.0 Å². The molecule has 2 atom stereocenters. The first-order valence-electron chi connectivity index (χ1n) is 10.6. The predicted octanol–water partition coefficient (Wildman–Crippen LogP) is 4.33. The summed E-state index contributed by atoms with van der Waals surface area (Å²) in [5.74, 6) is -0.658. The molecule has 2 aliphatic heterocycles. The van der Waals surface area contributed by atoms with Gasteiger partial charge in [0.05, 0.1) is 23.8 Å². The van der Waals surface area contributed by atoms with Crippen LogP contribution in [0.4, 0.5) is 23.2 Å². The molecule has 0 radical (unpaired) electrons. The van der Waals surface area contributed by atoms with Crippen LogP contribution in [0.25, 0.3) is 0 Å². The third-order valence-electron chi connectivity index (χ3n) is 6.65. The fourth-order valence-electron chi connectivity index (χ4n) is 5.11. The van der Waals surface area contributed by atoms with E-state index in [2.05, 4.69) is 0 Å². The fourth-order valence-corrected chi connectivity index (χ4v) is 5.11. The van der Waals surface area contributed by atoms with Crippen LogP contribution in [0.3, 0.4) is 0 Å².